The smallest absolute Gasteiger partial charge is 0.431 e. The molecule has 0 spiro atoms. The third-order valence-corrected chi connectivity index (χ3v) is 1.86. The van der Waals surface area contributed by atoms with Crippen molar-refractivity contribution in [2.75, 3.05) is 0 Å². The Morgan fingerprint density at radius 1 is 1.38 bits per heavy atom. The summed E-state index contributed by atoms with van der Waals surface area (Å²) < 4.78 is 4.94. The lowest BCUT2D eigenvalue weighted by atomic mass is 10.1. The first-order valence-electron chi connectivity index (χ1n) is 4.85. The monoisotopic (exact) mass is 189 g/mol. The topological polar surface area (TPSA) is 58.6 Å². The molecule has 4 nitrogen and oxygen atoms in total. The fourth-order valence-corrected chi connectivity index (χ4v) is 1.19. The minimum atomic E-state index is -0.755. The molecule has 0 aliphatic heterocycles. The summed E-state index contributed by atoms with van der Waals surface area (Å²) in [6.07, 6.45) is 4.03. The molecule has 0 aromatic heterocycles. The molecule has 13 heavy (non-hydrogen) atoms. The lowest BCUT2D eigenvalue weighted by Crippen LogP contribution is -2.26. The van der Waals surface area contributed by atoms with E-state index in [9.17, 15) is 4.79 Å². The lowest BCUT2D eigenvalue weighted by Gasteiger charge is -2.15. The zero-order valence-corrected chi connectivity index (χ0v) is 8.38. The van der Waals surface area contributed by atoms with E-state index in [1.54, 1.807) is 0 Å². The number of amides is 1. The highest BCUT2D eigenvalue weighted by Crippen LogP contribution is 2.10. The molecule has 0 bridgehead atoms. The van der Waals surface area contributed by atoms with Gasteiger partial charge >= 0.3 is 6.09 Å². The van der Waals surface area contributed by atoms with Gasteiger partial charge in [-0.2, -0.15) is 0 Å². The molecule has 78 valence electrons. The van der Waals surface area contributed by atoms with Crippen molar-refractivity contribution in [3.63, 3.8) is 0 Å². The highest BCUT2D eigenvalue weighted by Gasteiger charge is 2.11. The molecule has 0 rings (SSSR count). The molecule has 0 aromatic rings. The van der Waals surface area contributed by atoms with E-state index in [-0.39, 0.29) is 6.10 Å². The summed E-state index contributed by atoms with van der Waals surface area (Å²) in [5.41, 5.74) is 1.47. The van der Waals surface area contributed by atoms with E-state index in [1.807, 2.05) is 6.92 Å². The van der Waals surface area contributed by atoms with Crippen LogP contribution >= 0.6 is 0 Å². The summed E-state index contributed by atoms with van der Waals surface area (Å²) in [6, 6.07) is 0. The standard InChI is InChI=1S/C9H19NO3/c1-3-5-7-8(6-4-2)13-9(11)10-12/h8,12H,3-7H2,1-2H3,(H,10,11). The number of hydrogen-bond donors (Lipinski definition) is 2. The Bertz CT molecular complexity index is 139. The van der Waals surface area contributed by atoms with Gasteiger partial charge in [0.15, 0.2) is 0 Å². The van der Waals surface area contributed by atoms with Crippen molar-refractivity contribution in [1.29, 1.82) is 0 Å². The summed E-state index contributed by atoms with van der Waals surface area (Å²) in [5, 5.41) is 8.25. The van der Waals surface area contributed by atoms with Crippen molar-refractivity contribution in [3.05, 3.63) is 0 Å². The minimum Gasteiger partial charge on any atom is -0.445 e. The Kier molecular flexibility index (Phi) is 7.39. The van der Waals surface area contributed by atoms with Gasteiger partial charge in [-0.05, 0) is 12.8 Å². The quantitative estimate of drug-likeness (QED) is 0.498. The summed E-state index contributed by atoms with van der Waals surface area (Å²) >= 11 is 0. The summed E-state index contributed by atoms with van der Waals surface area (Å²) in [7, 11) is 0. The Hall–Kier alpha value is -0.770. The van der Waals surface area contributed by atoms with Crippen molar-refractivity contribution in [3.8, 4) is 0 Å². The maximum atomic E-state index is 10.7. The van der Waals surface area contributed by atoms with E-state index < -0.39 is 6.09 Å². The molecular formula is C9H19NO3. The van der Waals surface area contributed by atoms with Crippen LogP contribution in [-0.2, 0) is 4.74 Å². The molecule has 1 amide bonds. The Morgan fingerprint density at radius 2 is 2.08 bits per heavy atom. The second kappa shape index (κ2) is 7.86. The van der Waals surface area contributed by atoms with E-state index in [4.69, 9.17) is 9.94 Å². The summed E-state index contributed by atoms with van der Waals surface area (Å²) in [4.78, 5) is 10.7. The molecule has 0 aliphatic rings. The summed E-state index contributed by atoms with van der Waals surface area (Å²) in [6.45, 7) is 4.13. The molecule has 0 fully saturated rings. The SMILES string of the molecule is CCCCC(CCC)OC(=O)NO. The Morgan fingerprint density at radius 3 is 2.54 bits per heavy atom. The van der Waals surface area contributed by atoms with E-state index >= 15 is 0 Å². The van der Waals surface area contributed by atoms with Gasteiger partial charge in [0.1, 0.15) is 6.10 Å². The van der Waals surface area contributed by atoms with Crippen LogP contribution in [0.15, 0.2) is 0 Å². The van der Waals surface area contributed by atoms with Crippen molar-refractivity contribution < 1.29 is 14.7 Å². The first kappa shape index (κ1) is 12.2. The maximum absolute atomic E-state index is 10.7. The fourth-order valence-electron chi connectivity index (χ4n) is 1.19. The second-order valence-corrected chi connectivity index (χ2v) is 3.07. The normalized spacial score (nSPS) is 12.2. The van der Waals surface area contributed by atoms with Crippen LogP contribution < -0.4 is 5.48 Å². The molecule has 0 saturated heterocycles. The first-order chi connectivity index (χ1) is 6.24. The first-order valence-corrected chi connectivity index (χ1v) is 4.85. The van der Waals surface area contributed by atoms with E-state index in [0.29, 0.717) is 0 Å². The molecule has 1 unspecified atom stereocenters. The minimum absolute atomic E-state index is 0.0582. The predicted octanol–water partition coefficient (Wildman–Crippen LogP) is 2.46. The van der Waals surface area contributed by atoms with Gasteiger partial charge in [-0.3, -0.25) is 5.21 Å². The Balaban J connectivity index is 3.71. The molecule has 0 aliphatic carbocycles. The molecule has 4 heteroatoms. The van der Waals surface area contributed by atoms with Crippen molar-refractivity contribution in [2.24, 2.45) is 0 Å². The van der Waals surface area contributed by atoms with E-state index in [0.717, 1.165) is 32.1 Å². The zero-order chi connectivity index (χ0) is 10.1. The number of carbonyl (C=O) groups is 1. The van der Waals surface area contributed by atoms with Gasteiger partial charge in [-0.1, -0.05) is 33.1 Å². The zero-order valence-electron chi connectivity index (χ0n) is 8.38. The number of unbranched alkanes of at least 4 members (excludes halogenated alkanes) is 1. The fraction of sp³-hybridized carbons (Fsp3) is 0.889. The third-order valence-electron chi connectivity index (χ3n) is 1.86. The second-order valence-electron chi connectivity index (χ2n) is 3.07. The maximum Gasteiger partial charge on any atom is 0.431 e. The molecule has 0 heterocycles. The number of nitrogens with one attached hydrogen (secondary N) is 1. The predicted molar refractivity (Wildman–Crippen MR) is 49.6 cm³/mol. The molecule has 0 radical (unpaired) electrons. The molecular weight excluding hydrogens is 170 g/mol. The third kappa shape index (κ3) is 6.40. The van der Waals surface area contributed by atoms with Gasteiger partial charge < -0.3 is 4.74 Å². The average molecular weight is 189 g/mol. The van der Waals surface area contributed by atoms with Crippen molar-refractivity contribution in [2.45, 2.75) is 52.1 Å². The highest BCUT2D eigenvalue weighted by atomic mass is 16.6. The van der Waals surface area contributed by atoms with Crippen LogP contribution in [0.3, 0.4) is 0 Å². The van der Waals surface area contributed by atoms with Crippen LogP contribution in [0.2, 0.25) is 0 Å². The Labute approximate surface area is 79.2 Å². The average Bonchev–Trinajstić information content (AvgIpc) is 2.14. The molecule has 0 aromatic carbocycles. The van der Waals surface area contributed by atoms with Gasteiger partial charge in [0, 0.05) is 0 Å². The molecule has 2 N–H and O–H groups in total. The summed E-state index contributed by atoms with van der Waals surface area (Å²) in [5.74, 6) is 0. The van der Waals surface area contributed by atoms with Gasteiger partial charge in [0.25, 0.3) is 0 Å². The van der Waals surface area contributed by atoms with E-state index in [1.165, 1.54) is 5.48 Å². The van der Waals surface area contributed by atoms with Crippen LogP contribution in [0, 0.1) is 0 Å². The van der Waals surface area contributed by atoms with Crippen LogP contribution in [0.4, 0.5) is 4.79 Å². The van der Waals surface area contributed by atoms with Gasteiger partial charge in [0.05, 0.1) is 0 Å². The van der Waals surface area contributed by atoms with Gasteiger partial charge in [0.2, 0.25) is 0 Å². The van der Waals surface area contributed by atoms with Crippen LogP contribution in [0.5, 0.6) is 0 Å². The van der Waals surface area contributed by atoms with Gasteiger partial charge in [-0.15, -0.1) is 0 Å². The van der Waals surface area contributed by atoms with Gasteiger partial charge in [-0.25, -0.2) is 10.3 Å². The van der Waals surface area contributed by atoms with Crippen molar-refractivity contribution >= 4 is 6.09 Å². The molecule has 0 saturated carbocycles. The molecule has 1 atom stereocenters. The van der Waals surface area contributed by atoms with Crippen LogP contribution in [0.25, 0.3) is 0 Å². The number of ether oxygens (including phenoxy) is 1. The number of hydrogen-bond acceptors (Lipinski definition) is 3. The van der Waals surface area contributed by atoms with Crippen LogP contribution in [-0.4, -0.2) is 17.4 Å². The number of carbonyl (C=O) groups excluding carboxylic acids is 1. The number of hydroxylamine groups is 1. The lowest BCUT2D eigenvalue weighted by molar-refractivity contribution is 0.0487. The largest absolute Gasteiger partial charge is 0.445 e. The van der Waals surface area contributed by atoms with Crippen molar-refractivity contribution in [1.82, 2.24) is 5.48 Å². The highest BCUT2D eigenvalue weighted by molar-refractivity contribution is 5.65. The number of rotatable bonds is 6. The van der Waals surface area contributed by atoms with Crippen LogP contribution in [0.1, 0.15) is 46.0 Å². The van der Waals surface area contributed by atoms with E-state index in [2.05, 4.69) is 6.92 Å².